The van der Waals surface area contributed by atoms with Crippen LogP contribution in [0.15, 0.2) is 61.1 Å². The summed E-state index contributed by atoms with van der Waals surface area (Å²) < 4.78 is 44.2. The van der Waals surface area contributed by atoms with Gasteiger partial charge < -0.3 is 9.64 Å². The highest BCUT2D eigenvalue weighted by Gasteiger charge is 2.53. The lowest BCUT2D eigenvalue weighted by atomic mass is 9.96. The zero-order chi connectivity index (χ0) is 23.1. The predicted molar refractivity (Wildman–Crippen MR) is 113 cm³/mol. The van der Waals surface area contributed by atoms with Crippen molar-refractivity contribution in [3.8, 4) is 17.3 Å². The SMILES string of the molecule is O=C(c1ccccc1-c1ncccn1)N1CC2CCC1(COc1ccc(C(F)(F)F)cn1)C2. The third-order valence-electron chi connectivity index (χ3n) is 6.46. The maximum absolute atomic E-state index is 13.7. The van der Waals surface area contributed by atoms with Gasteiger partial charge >= 0.3 is 6.18 Å². The first-order valence-corrected chi connectivity index (χ1v) is 10.7. The van der Waals surface area contributed by atoms with Crippen molar-refractivity contribution in [3.05, 3.63) is 72.2 Å². The van der Waals surface area contributed by atoms with Crippen LogP contribution in [0.4, 0.5) is 13.2 Å². The van der Waals surface area contributed by atoms with Gasteiger partial charge in [-0.15, -0.1) is 0 Å². The van der Waals surface area contributed by atoms with E-state index in [1.807, 2.05) is 23.1 Å². The third-order valence-corrected chi connectivity index (χ3v) is 6.46. The van der Waals surface area contributed by atoms with E-state index in [1.165, 1.54) is 6.07 Å². The second kappa shape index (κ2) is 8.13. The molecule has 1 saturated heterocycles. The Morgan fingerprint density at radius 2 is 1.88 bits per heavy atom. The Labute approximate surface area is 188 Å². The molecule has 1 aliphatic heterocycles. The molecule has 2 atom stereocenters. The molecule has 2 aromatic heterocycles. The van der Waals surface area contributed by atoms with E-state index in [0.29, 0.717) is 29.4 Å². The van der Waals surface area contributed by atoms with Crippen molar-refractivity contribution in [2.75, 3.05) is 13.2 Å². The van der Waals surface area contributed by atoms with Gasteiger partial charge in [-0.25, -0.2) is 15.0 Å². The van der Waals surface area contributed by atoms with Gasteiger partial charge in [-0.05, 0) is 43.4 Å². The van der Waals surface area contributed by atoms with E-state index >= 15 is 0 Å². The largest absolute Gasteiger partial charge is 0.475 e. The molecule has 0 radical (unpaired) electrons. The highest BCUT2D eigenvalue weighted by Crippen LogP contribution is 2.47. The highest BCUT2D eigenvalue weighted by atomic mass is 19.4. The Morgan fingerprint density at radius 1 is 1.09 bits per heavy atom. The van der Waals surface area contributed by atoms with Gasteiger partial charge in [0.25, 0.3) is 5.91 Å². The molecule has 2 unspecified atom stereocenters. The Morgan fingerprint density at radius 3 is 2.58 bits per heavy atom. The Kier molecular flexibility index (Phi) is 5.26. The lowest BCUT2D eigenvalue weighted by Gasteiger charge is -2.38. The third kappa shape index (κ3) is 4.03. The molecular weight excluding hydrogens is 433 g/mol. The van der Waals surface area contributed by atoms with E-state index in [4.69, 9.17) is 4.74 Å². The first-order valence-electron chi connectivity index (χ1n) is 10.7. The van der Waals surface area contributed by atoms with Crippen molar-refractivity contribution in [2.45, 2.75) is 31.0 Å². The zero-order valence-corrected chi connectivity index (χ0v) is 17.6. The molecular formula is C24H21F3N4O2. The number of piperidine rings is 1. The summed E-state index contributed by atoms with van der Waals surface area (Å²) in [6.07, 6.45) is 2.13. The summed E-state index contributed by atoms with van der Waals surface area (Å²) in [4.78, 5) is 27.9. The maximum Gasteiger partial charge on any atom is 0.417 e. The van der Waals surface area contributed by atoms with Crippen LogP contribution in [0.1, 0.15) is 35.2 Å². The number of amides is 1. The first kappa shape index (κ1) is 21.4. The molecule has 2 bridgehead atoms. The van der Waals surface area contributed by atoms with E-state index in [-0.39, 0.29) is 18.4 Å². The van der Waals surface area contributed by atoms with Crippen molar-refractivity contribution in [1.82, 2.24) is 19.9 Å². The highest BCUT2D eigenvalue weighted by molar-refractivity contribution is 6.00. The quantitative estimate of drug-likeness (QED) is 0.562. The standard InChI is InChI=1S/C24H21F3N4O2/c25-24(26,27)17-6-7-20(30-13-17)33-15-23-9-8-16(12-23)14-31(23)22(32)19-5-2-1-4-18(19)21-28-10-3-11-29-21/h1-7,10-11,13,16H,8-9,12,14-15H2. The van der Waals surface area contributed by atoms with Crippen molar-refractivity contribution in [3.63, 3.8) is 0 Å². The molecule has 1 aromatic carbocycles. The van der Waals surface area contributed by atoms with Gasteiger partial charge in [0.15, 0.2) is 5.82 Å². The lowest BCUT2D eigenvalue weighted by Crippen LogP contribution is -2.52. The van der Waals surface area contributed by atoms with Gasteiger partial charge in [0.1, 0.15) is 6.61 Å². The number of nitrogens with zero attached hydrogens (tertiary/aromatic N) is 4. The Bertz CT molecular complexity index is 1150. The summed E-state index contributed by atoms with van der Waals surface area (Å²) in [5.74, 6) is 0.839. The van der Waals surface area contributed by atoms with Crippen LogP contribution in [0.3, 0.4) is 0 Å². The number of pyridine rings is 1. The molecule has 3 heterocycles. The van der Waals surface area contributed by atoms with Crippen LogP contribution in [0.2, 0.25) is 0 Å². The number of benzene rings is 1. The predicted octanol–water partition coefficient (Wildman–Crippen LogP) is 4.63. The Balaban J connectivity index is 1.38. The van der Waals surface area contributed by atoms with E-state index < -0.39 is 17.3 Å². The number of hydrogen-bond donors (Lipinski definition) is 0. The van der Waals surface area contributed by atoms with Crippen LogP contribution < -0.4 is 4.74 Å². The van der Waals surface area contributed by atoms with Crippen molar-refractivity contribution in [1.29, 1.82) is 0 Å². The average Bonchev–Trinajstić information content (AvgIpc) is 3.42. The fourth-order valence-electron chi connectivity index (χ4n) is 4.86. The summed E-state index contributed by atoms with van der Waals surface area (Å²) in [6, 6.07) is 11.1. The summed E-state index contributed by atoms with van der Waals surface area (Å²) in [6.45, 7) is 0.796. The van der Waals surface area contributed by atoms with Gasteiger partial charge in [-0.2, -0.15) is 13.2 Å². The van der Waals surface area contributed by atoms with Gasteiger partial charge in [0.2, 0.25) is 5.88 Å². The fraction of sp³-hybridized carbons (Fsp3) is 0.333. The second-order valence-corrected chi connectivity index (χ2v) is 8.54. The molecule has 1 amide bonds. The van der Waals surface area contributed by atoms with Gasteiger partial charge in [0.05, 0.1) is 16.7 Å². The molecule has 1 aliphatic carbocycles. The van der Waals surface area contributed by atoms with E-state index in [2.05, 4.69) is 15.0 Å². The molecule has 6 nitrogen and oxygen atoms in total. The number of likely N-dealkylation sites (tertiary alicyclic amines) is 1. The molecule has 3 aromatic rings. The van der Waals surface area contributed by atoms with Gasteiger partial charge in [-0.3, -0.25) is 4.79 Å². The number of aromatic nitrogens is 3. The van der Waals surface area contributed by atoms with Crippen molar-refractivity contribution >= 4 is 5.91 Å². The first-order chi connectivity index (χ1) is 15.9. The number of rotatable bonds is 5. The molecule has 5 rings (SSSR count). The number of carbonyl (C=O) groups is 1. The van der Waals surface area contributed by atoms with Crippen LogP contribution in [-0.2, 0) is 6.18 Å². The monoisotopic (exact) mass is 454 g/mol. The van der Waals surface area contributed by atoms with Crippen molar-refractivity contribution in [2.24, 2.45) is 5.92 Å². The molecule has 2 fully saturated rings. The molecule has 9 heteroatoms. The topological polar surface area (TPSA) is 68.2 Å². The van der Waals surface area contributed by atoms with Crippen LogP contribution >= 0.6 is 0 Å². The zero-order valence-electron chi connectivity index (χ0n) is 17.6. The van der Waals surface area contributed by atoms with E-state index in [0.717, 1.165) is 31.5 Å². The second-order valence-electron chi connectivity index (χ2n) is 8.54. The smallest absolute Gasteiger partial charge is 0.417 e. The number of alkyl halides is 3. The van der Waals surface area contributed by atoms with Gasteiger partial charge in [0, 0.05) is 36.8 Å². The summed E-state index contributed by atoms with van der Waals surface area (Å²) >= 11 is 0. The van der Waals surface area contributed by atoms with Gasteiger partial charge in [-0.1, -0.05) is 18.2 Å². The van der Waals surface area contributed by atoms with E-state index in [9.17, 15) is 18.0 Å². The number of hydrogen-bond acceptors (Lipinski definition) is 5. The van der Waals surface area contributed by atoms with Crippen LogP contribution in [0, 0.1) is 5.92 Å². The number of fused-ring (bicyclic) bond motifs is 2. The minimum Gasteiger partial charge on any atom is -0.475 e. The normalized spacial score (nSPS) is 21.9. The van der Waals surface area contributed by atoms with E-state index in [1.54, 1.807) is 24.5 Å². The molecule has 33 heavy (non-hydrogen) atoms. The Hall–Kier alpha value is -3.49. The number of halogens is 3. The average molecular weight is 454 g/mol. The molecule has 0 spiro atoms. The number of carbonyl (C=O) groups excluding carboxylic acids is 1. The summed E-state index contributed by atoms with van der Waals surface area (Å²) in [7, 11) is 0. The van der Waals surface area contributed by atoms with Crippen molar-refractivity contribution < 1.29 is 22.7 Å². The number of ether oxygens (including phenoxy) is 1. The minimum absolute atomic E-state index is 0.109. The minimum atomic E-state index is -4.45. The molecule has 1 saturated carbocycles. The molecule has 2 aliphatic rings. The molecule has 0 N–H and O–H groups in total. The summed E-state index contributed by atoms with van der Waals surface area (Å²) in [5, 5.41) is 0. The van der Waals surface area contributed by atoms with Crippen LogP contribution in [0.25, 0.3) is 11.4 Å². The summed E-state index contributed by atoms with van der Waals surface area (Å²) in [5.41, 5.74) is -0.169. The maximum atomic E-state index is 13.7. The lowest BCUT2D eigenvalue weighted by molar-refractivity contribution is -0.137. The van der Waals surface area contributed by atoms with Crippen LogP contribution in [0.5, 0.6) is 5.88 Å². The van der Waals surface area contributed by atoms with Crippen LogP contribution in [-0.4, -0.2) is 44.4 Å². The fourth-order valence-corrected chi connectivity index (χ4v) is 4.86. The molecule has 170 valence electrons.